The second-order valence-corrected chi connectivity index (χ2v) is 12.6. The number of anilines is 1. The monoisotopic (exact) mass is 580 g/mol. The smallest absolute Gasteiger partial charge is 0.255 e. The molecule has 2 aromatic carbocycles. The van der Waals surface area contributed by atoms with Gasteiger partial charge in [-0.15, -0.1) is 0 Å². The van der Waals surface area contributed by atoms with Gasteiger partial charge in [-0.1, -0.05) is 11.6 Å². The van der Waals surface area contributed by atoms with E-state index < -0.39 is 62.0 Å². The van der Waals surface area contributed by atoms with E-state index in [2.05, 4.69) is 10.3 Å². The Hall–Kier alpha value is -2.99. The molecule has 2 saturated carbocycles. The van der Waals surface area contributed by atoms with Crippen molar-refractivity contribution in [3.8, 4) is 0 Å². The Kier molecular flexibility index (Phi) is 7.21. The highest BCUT2D eigenvalue weighted by atomic mass is 35.5. The van der Waals surface area contributed by atoms with Crippen molar-refractivity contribution in [2.75, 3.05) is 5.32 Å². The van der Waals surface area contributed by atoms with E-state index in [0.29, 0.717) is 12.8 Å². The van der Waals surface area contributed by atoms with Crippen LogP contribution < -0.4 is 5.32 Å². The van der Waals surface area contributed by atoms with Crippen LogP contribution in [0.1, 0.15) is 47.8 Å². The van der Waals surface area contributed by atoms with Gasteiger partial charge in [-0.2, -0.15) is 0 Å². The van der Waals surface area contributed by atoms with Gasteiger partial charge >= 0.3 is 0 Å². The third kappa shape index (κ3) is 4.93. The van der Waals surface area contributed by atoms with Gasteiger partial charge in [0, 0.05) is 17.3 Å². The molecule has 2 fully saturated rings. The molecule has 4 unspecified atom stereocenters. The molecule has 7 nitrogen and oxygen atoms in total. The SMILES string of the molecule is O=C(Nc1ccc(F)c(F)c1)c1ccc(Cl)c(S(=O)(=O)C2CC3CC[C@@H](C2)C3(O)C(O)c2ccc(F)cn2)c1. The van der Waals surface area contributed by atoms with E-state index in [0.717, 1.165) is 30.5 Å². The fourth-order valence-corrected chi connectivity index (χ4v) is 8.25. The van der Waals surface area contributed by atoms with Crippen molar-refractivity contribution in [1.82, 2.24) is 4.98 Å². The molecule has 2 aliphatic carbocycles. The molecule has 12 heteroatoms. The van der Waals surface area contributed by atoms with Gasteiger partial charge < -0.3 is 15.5 Å². The summed E-state index contributed by atoms with van der Waals surface area (Å²) < 4.78 is 67.5. The van der Waals surface area contributed by atoms with Gasteiger partial charge in [0.2, 0.25) is 0 Å². The number of benzene rings is 2. The average molecular weight is 581 g/mol. The van der Waals surface area contributed by atoms with E-state index in [1.54, 1.807) is 0 Å². The maximum absolute atomic E-state index is 13.7. The van der Waals surface area contributed by atoms with Crippen molar-refractivity contribution in [2.45, 2.75) is 47.5 Å². The number of hydrogen-bond donors (Lipinski definition) is 3. The molecule has 0 aliphatic heterocycles. The van der Waals surface area contributed by atoms with E-state index in [1.165, 1.54) is 24.3 Å². The summed E-state index contributed by atoms with van der Waals surface area (Å²) in [5, 5.41) is 23.9. The van der Waals surface area contributed by atoms with Crippen LogP contribution in [-0.4, -0.2) is 40.4 Å². The Morgan fingerprint density at radius 1 is 1.03 bits per heavy atom. The minimum absolute atomic E-state index is 0.0180. The summed E-state index contributed by atoms with van der Waals surface area (Å²) in [5.41, 5.74) is -1.61. The number of halogens is 4. The van der Waals surface area contributed by atoms with Crippen LogP contribution in [-0.2, 0) is 9.84 Å². The predicted molar refractivity (Wildman–Crippen MR) is 136 cm³/mol. The maximum Gasteiger partial charge on any atom is 0.255 e. The second kappa shape index (κ2) is 10.2. The van der Waals surface area contributed by atoms with Gasteiger partial charge in [0.15, 0.2) is 21.5 Å². The van der Waals surface area contributed by atoms with E-state index in [4.69, 9.17) is 11.6 Å². The molecule has 39 heavy (non-hydrogen) atoms. The summed E-state index contributed by atoms with van der Waals surface area (Å²) in [6, 6.07) is 8.95. The highest BCUT2D eigenvalue weighted by Crippen LogP contribution is 2.56. The van der Waals surface area contributed by atoms with Crippen molar-refractivity contribution in [3.63, 3.8) is 0 Å². The van der Waals surface area contributed by atoms with Crippen molar-refractivity contribution in [1.29, 1.82) is 0 Å². The quantitative estimate of drug-likeness (QED) is 0.384. The molecule has 3 aromatic rings. The molecule has 2 bridgehead atoms. The van der Waals surface area contributed by atoms with Crippen LogP contribution in [0.15, 0.2) is 59.6 Å². The van der Waals surface area contributed by atoms with Crippen molar-refractivity contribution >= 4 is 33.0 Å². The van der Waals surface area contributed by atoms with Gasteiger partial charge in [0.25, 0.3) is 5.91 Å². The van der Waals surface area contributed by atoms with Crippen LogP contribution in [0, 0.1) is 29.3 Å². The van der Waals surface area contributed by atoms with E-state index in [1.807, 2.05) is 0 Å². The Balaban J connectivity index is 1.38. The first-order valence-corrected chi connectivity index (χ1v) is 14.2. The first-order chi connectivity index (χ1) is 18.4. The lowest BCUT2D eigenvalue weighted by Gasteiger charge is -2.45. The van der Waals surface area contributed by atoms with Crippen molar-refractivity contribution in [3.05, 3.63) is 88.5 Å². The summed E-state index contributed by atoms with van der Waals surface area (Å²) >= 11 is 6.26. The number of sulfone groups is 1. The number of pyridine rings is 1. The van der Waals surface area contributed by atoms with Crippen LogP contribution in [0.2, 0.25) is 5.02 Å². The molecular formula is C27H24ClF3N2O5S. The van der Waals surface area contributed by atoms with Crippen LogP contribution in [0.3, 0.4) is 0 Å². The first kappa shape index (κ1) is 27.6. The number of carbonyl (C=O) groups excluding carboxylic acids is 1. The molecule has 1 aromatic heterocycles. The maximum atomic E-state index is 13.7. The standard InChI is InChI=1S/C27H24ClF3N2O5S/c28-20-6-1-14(26(35)33-18-5-7-21(30)22(31)12-18)9-24(20)39(37,38)19-10-15-2-3-16(11-19)27(15,36)25(34)23-8-4-17(29)13-32-23/h1,4-9,12-13,15-16,19,25,34,36H,2-3,10-11H2,(H,33,35)/t15-,16?,19?,25?,27?/m0/s1. The number of fused-ring (bicyclic) bond motifs is 2. The highest BCUT2D eigenvalue weighted by Gasteiger charge is 2.59. The zero-order valence-electron chi connectivity index (χ0n) is 20.3. The number of aliphatic hydroxyl groups excluding tert-OH is 1. The largest absolute Gasteiger partial charge is 0.386 e. The van der Waals surface area contributed by atoms with Gasteiger partial charge in [0.1, 0.15) is 17.5 Å². The topological polar surface area (TPSA) is 117 Å². The minimum Gasteiger partial charge on any atom is -0.386 e. The van der Waals surface area contributed by atoms with Crippen LogP contribution in [0.25, 0.3) is 0 Å². The number of hydrogen-bond acceptors (Lipinski definition) is 6. The third-order valence-electron chi connectivity index (χ3n) is 7.85. The Labute approximate surface area is 227 Å². The zero-order chi connectivity index (χ0) is 28.1. The van der Waals surface area contributed by atoms with Crippen LogP contribution in [0.4, 0.5) is 18.9 Å². The molecule has 1 amide bonds. The number of rotatable bonds is 6. The molecule has 206 valence electrons. The summed E-state index contributed by atoms with van der Waals surface area (Å²) in [4.78, 5) is 16.4. The van der Waals surface area contributed by atoms with Gasteiger partial charge in [-0.3, -0.25) is 9.78 Å². The van der Waals surface area contributed by atoms with Crippen LogP contribution in [0.5, 0.6) is 0 Å². The fourth-order valence-electron chi connectivity index (χ4n) is 5.85. The number of nitrogens with one attached hydrogen (secondary N) is 1. The normalized spacial score (nSPS) is 25.3. The summed E-state index contributed by atoms with van der Waals surface area (Å²) in [6.45, 7) is 0. The lowest BCUT2D eigenvalue weighted by molar-refractivity contribution is -0.145. The lowest BCUT2D eigenvalue weighted by Crippen LogP contribution is -2.52. The molecule has 1 heterocycles. The number of aliphatic hydroxyl groups is 2. The van der Waals surface area contributed by atoms with E-state index in [-0.39, 0.29) is 39.7 Å². The number of aromatic nitrogens is 1. The first-order valence-electron chi connectivity index (χ1n) is 12.2. The van der Waals surface area contributed by atoms with Crippen molar-refractivity contribution < 1.29 is 36.6 Å². The van der Waals surface area contributed by atoms with Crippen LogP contribution >= 0.6 is 11.6 Å². The van der Waals surface area contributed by atoms with Gasteiger partial charge in [0.05, 0.1) is 27.1 Å². The zero-order valence-corrected chi connectivity index (χ0v) is 21.9. The fraction of sp³-hybridized carbons (Fsp3) is 0.333. The minimum atomic E-state index is -4.09. The lowest BCUT2D eigenvalue weighted by atomic mass is 9.70. The molecule has 5 atom stereocenters. The predicted octanol–water partition coefficient (Wildman–Crippen LogP) is 4.83. The summed E-state index contributed by atoms with van der Waals surface area (Å²) in [6.07, 6.45) is 0.555. The Morgan fingerprint density at radius 3 is 2.33 bits per heavy atom. The molecular weight excluding hydrogens is 557 g/mol. The number of carbonyl (C=O) groups is 1. The van der Waals surface area contributed by atoms with E-state index in [9.17, 15) is 36.6 Å². The molecule has 0 saturated heterocycles. The summed E-state index contributed by atoms with van der Waals surface area (Å²) in [7, 11) is -4.09. The number of amides is 1. The third-order valence-corrected chi connectivity index (χ3v) is 10.5. The molecule has 0 radical (unpaired) electrons. The van der Waals surface area contributed by atoms with Crippen molar-refractivity contribution in [2.24, 2.45) is 11.8 Å². The Morgan fingerprint density at radius 2 is 1.72 bits per heavy atom. The van der Waals surface area contributed by atoms with Gasteiger partial charge in [-0.25, -0.2) is 21.6 Å². The molecule has 0 spiro atoms. The second-order valence-electron chi connectivity index (χ2n) is 10.0. The summed E-state index contributed by atoms with van der Waals surface area (Å²) in [5.74, 6) is -4.72. The molecule has 2 aliphatic rings. The average Bonchev–Trinajstić information content (AvgIpc) is 3.06. The van der Waals surface area contributed by atoms with E-state index >= 15 is 0 Å². The van der Waals surface area contributed by atoms with Gasteiger partial charge in [-0.05, 0) is 80.0 Å². The Bertz CT molecular complexity index is 1520. The molecule has 5 rings (SSSR count). The number of nitrogens with zero attached hydrogens (tertiary/aromatic N) is 1. The highest BCUT2D eigenvalue weighted by molar-refractivity contribution is 7.92. The molecule has 3 N–H and O–H groups in total.